The molecule has 0 spiro atoms. The molecule has 1 aromatic heterocycles. The lowest BCUT2D eigenvalue weighted by molar-refractivity contribution is 0.462. The second-order valence-corrected chi connectivity index (χ2v) is 6.28. The van der Waals surface area contributed by atoms with Crippen LogP contribution >= 0.6 is 12.6 Å². The zero-order chi connectivity index (χ0) is 13.1. The fourth-order valence-electron chi connectivity index (χ4n) is 2.64. The number of rotatable bonds is 1. The van der Waals surface area contributed by atoms with Gasteiger partial charge in [0.05, 0.1) is 0 Å². The van der Waals surface area contributed by atoms with Crippen LogP contribution in [-0.4, -0.2) is 23.3 Å². The predicted molar refractivity (Wildman–Crippen MR) is 85.2 cm³/mol. The molecule has 2 fully saturated rings. The van der Waals surface area contributed by atoms with E-state index in [1.54, 1.807) is 0 Å². The Labute approximate surface area is 120 Å². The minimum Gasteiger partial charge on any atom is -0.361 e. The van der Waals surface area contributed by atoms with Crippen LogP contribution in [-0.2, 0) is 0 Å². The normalized spacial score (nSPS) is 20.1. The van der Waals surface area contributed by atoms with Crippen molar-refractivity contribution in [1.82, 2.24) is 10.3 Å². The molecule has 3 heteroatoms. The maximum atomic E-state index is 4.08. The number of benzene rings is 1. The van der Waals surface area contributed by atoms with Crippen LogP contribution in [0.25, 0.3) is 10.9 Å². The number of fused-ring (bicyclic) bond motifs is 1. The lowest BCUT2D eigenvalue weighted by Crippen LogP contribution is -2.26. The molecule has 2 heterocycles. The average molecular weight is 274 g/mol. The Bertz CT molecular complexity index is 524. The molecule has 0 radical (unpaired) electrons. The quantitative estimate of drug-likeness (QED) is 0.680. The second kappa shape index (κ2) is 6.02. The summed E-state index contributed by atoms with van der Waals surface area (Å²) in [5.41, 5.74) is 2.78. The fourth-order valence-corrected chi connectivity index (χ4v) is 2.79. The number of aromatic amines is 1. The van der Waals surface area contributed by atoms with Crippen LogP contribution in [0.15, 0.2) is 30.5 Å². The van der Waals surface area contributed by atoms with E-state index >= 15 is 0 Å². The largest absolute Gasteiger partial charge is 0.361 e. The van der Waals surface area contributed by atoms with Crippen molar-refractivity contribution in [3.63, 3.8) is 0 Å². The number of H-pyrrole nitrogens is 1. The predicted octanol–water partition coefficient (Wildman–Crippen LogP) is 3.71. The van der Waals surface area contributed by atoms with E-state index < -0.39 is 0 Å². The standard InChI is InChI=1S/C13H16N2.C3H6S/c1-2-4-13-11(3-1)12(9-15-13)10-5-7-14-8-6-10;4-3-1-2-3/h1-4,9-10,14-15H,5-8H2;3-4H,1-2H2. The molecule has 2 aromatic rings. The van der Waals surface area contributed by atoms with Gasteiger partial charge in [0.15, 0.2) is 0 Å². The monoisotopic (exact) mass is 274 g/mol. The van der Waals surface area contributed by atoms with Crippen molar-refractivity contribution in [1.29, 1.82) is 0 Å². The Hall–Kier alpha value is -0.930. The van der Waals surface area contributed by atoms with Crippen LogP contribution in [0.1, 0.15) is 37.2 Å². The first kappa shape index (κ1) is 13.1. The first-order valence-electron chi connectivity index (χ1n) is 7.29. The van der Waals surface area contributed by atoms with Gasteiger partial charge in [-0.1, -0.05) is 18.2 Å². The van der Waals surface area contributed by atoms with Gasteiger partial charge in [0.25, 0.3) is 0 Å². The number of thiol groups is 1. The molecule has 0 amide bonds. The Kier molecular flexibility index (Phi) is 4.14. The molecular formula is C16H22N2S. The first-order chi connectivity index (χ1) is 9.34. The minimum atomic E-state index is 0.738. The van der Waals surface area contributed by atoms with Gasteiger partial charge in [0.2, 0.25) is 0 Å². The summed E-state index contributed by atoms with van der Waals surface area (Å²) in [6.45, 7) is 2.31. The summed E-state index contributed by atoms with van der Waals surface area (Å²) in [6, 6.07) is 8.59. The maximum absolute atomic E-state index is 4.08. The number of hydrogen-bond donors (Lipinski definition) is 3. The third kappa shape index (κ3) is 3.34. The first-order valence-corrected chi connectivity index (χ1v) is 7.81. The molecule has 1 aliphatic carbocycles. The molecule has 2 N–H and O–H groups in total. The molecule has 1 saturated heterocycles. The zero-order valence-electron chi connectivity index (χ0n) is 11.2. The van der Waals surface area contributed by atoms with Gasteiger partial charge in [0.1, 0.15) is 0 Å². The Morgan fingerprint density at radius 2 is 1.68 bits per heavy atom. The van der Waals surface area contributed by atoms with E-state index in [9.17, 15) is 0 Å². The van der Waals surface area contributed by atoms with Crippen LogP contribution in [0.3, 0.4) is 0 Å². The van der Waals surface area contributed by atoms with Gasteiger partial charge >= 0.3 is 0 Å². The molecular weight excluding hydrogens is 252 g/mol. The molecule has 2 nitrogen and oxygen atoms in total. The number of aromatic nitrogens is 1. The third-order valence-electron chi connectivity index (χ3n) is 3.95. The SMILES string of the molecule is SC1CC1.c1ccc2c(C3CCNCC3)c[nH]c2c1. The van der Waals surface area contributed by atoms with E-state index in [0.29, 0.717) is 0 Å². The fraction of sp³-hybridized carbons (Fsp3) is 0.500. The van der Waals surface area contributed by atoms with E-state index in [4.69, 9.17) is 0 Å². The molecule has 19 heavy (non-hydrogen) atoms. The van der Waals surface area contributed by atoms with Gasteiger partial charge in [-0.25, -0.2) is 0 Å². The van der Waals surface area contributed by atoms with E-state index in [0.717, 1.165) is 24.3 Å². The molecule has 1 aromatic carbocycles. The molecule has 0 unspecified atom stereocenters. The summed E-state index contributed by atoms with van der Waals surface area (Å²) in [7, 11) is 0. The minimum absolute atomic E-state index is 0.738. The zero-order valence-corrected chi connectivity index (χ0v) is 12.1. The maximum Gasteiger partial charge on any atom is 0.0456 e. The van der Waals surface area contributed by atoms with Crippen molar-refractivity contribution in [3.05, 3.63) is 36.0 Å². The van der Waals surface area contributed by atoms with Crippen molar-refractivity contribution in [2.24, 2.45) is 0 Å². The molecule has 102 valence electrons. The highest BCUT2D eigenvalue weighted by Gasteiger charge is 2.17. The summed E-state index contributed by atoms with van der Waals surface area (Å²) in [5, 5.41) is 5.60. The molecule has 0 bridgehead atoms. The summed E-state index contributed by atoms with van der Waals surface area (Å²) < 4.78 is 0. The number of nitrogens with one attached hydrogen (secondary N) is 2. The smallest absolute Gasteiger partial charge is 0.0456 e. The Morgan fingerprint density at radius 3 is 2.37 bits per heavy atom. The van der Waals surface area contributed by atoms with E-state index in [-0.39, 0.29) is 0 Å². The topological polar surface area (TPSA) is 27.8 Å². The van der Waals surface area contributed by atoms with Crippen molar-refractivity contribution in [2.75, 3.05) is 13.1 Å². The van der Waals surface area contributed by atoms with Gasteiger partial charge in [-0.05, 0) is 56.3 Å². The molecule has 1 saturated carbocycles. The highest BCUT2D eigenvalue weighted by molar-refractivity contribution is 7.81. The van der Waals surface area contributed by atoms with Crippen LogP contribution in [0, 0.1) is 0 Å². The Morgan fingerprint density at radius 1 is 1.00 bits per heavy atom. The lowest BCUT2D eigenvalue weighted by Gasteiger charge is -2.22. The molecule has 2 aliphatic rings. The molecule has 1 aliphatic heterocycles. The summed E-state index contributed by atoms with van der Waals surface area (Å²) in [5.74, 6) is 0.738. The van der Waals surface area contributed by atoms with E-state index in [2.05, 4.69) is 53.4 Å². The van der Waals surface area contributed by atoms with Crippen molar-refractivity contribution in [2.45, 2.75) is 36.9 Å². The summed E-state index contributed by atoms with van der Waals surface area (Å²) >= 11 is 4.08. The van der Waals surface area contributed by atoms with Gasteiger partial charge < -0.3 is 10.3 Å². The molecule has 0 atom stereocenters. The van der Waals surface area contributed by atoms with Gasteiger partial charge in [0, 0.05) is 22.3 Å². The van der Waals surface area contributed by atoms with Gasteiger partial charge in [-0.2, -0.15) is 12.6 Å². The highest BCUT2D eigenvalue weighted by Crippen LogP contribution is 2.31. The van der Waals surface area contributed by atoms with Crippen LogP contribution in [0.5, 0.6) is 0 Å². The van der Waals surface area contributed by atoms with E-state index in [1.165, 1.54) is 42.1 Å². The summed E-state index contributed by atoms with van der Waals surface area (Å²) in [4.78, 5) is 3.37. The second-order valence-electron chi connectivity index (χ2n) is 5.55. The average Bonchev–Trinajstić information content (AvgIpc) is 3.13. The Balaban J connectivity index is 0.000000237. The number of piperidine rings is 1. The number of hydrogen-bond acceptors (Lipinski definition) is 2. The van der Waals surface area contributed by atoms with Crippen molar-refractivity contribution < 1.29 is 0 Å². The van der Waals surface area contributed by atoms with Crippen molar-refractivity contribution in [3.8, 4) is 0 Å². The highest BCUT2D eigenvalue weighted by atomic mass is 32.1. The summed E-state index contributed by atoms with van der Waals surface area (Å²) in [6.07, 6.45) is 7.43. The third-order valence-corrected chi connectivity index (χ3v) is 4.46. The van der Waals surface area contributed by atoms with E-state index in [1.807, 2.05) is 0 Å². The van der Waals surface area contributed by atoms with Crippen molar-refractivity contribution >= 4 is 23.5 Å². The van der Waals surface area contributed by atoms with Gasteiger partial charge in [-0.3, -0.25) is 0 Å². The van der Waals surface area contributed by atoms with Crippen LogP contribution in [0.2, 0.25) is 0 Å². The van der Waals surface area contributed by atoms with Gasteiger partial charge in [-0.15, -0.1) is 0 Å². The molecule has 4 rings (SSSR count). The van der Waals surface area contributed by atoms with Crippen LogP contribution < -0.4 is 5.32 Å². The lowest BCUT2D eigenvalue weighted by atomic mass is 9.90. The number of para-hydroxylation sites is 1. The van der Waals surface area contributed by atoms with Crippen LogP contribution in [0.4, 0.5) is 0 Å².